The van der Waals surface area contributed by atoms with Crippen LogP contribution in [0.2, 0.25) is 0 Å². The van der Waals surface area contributed by atoms with E-state index in [4.69, 9.17) is 11.3 Å². The summed E-state index contributed by atoms with van der Waals surface area (Å²) in [5.74, 6) is 0.912. The fourth-order valence-corrected chi connectivity index (χ4v) is 5.58. The van der Waals surface area contributed by atoms with E-state index in [1.165, 1.54) is 5.56 Å². The highest BCUT2D eigenvalue weighted by Gasteiger charge is 2.47. The van der Waals surface area contributed by atoms with Crippen molar-refractivity contribution in [3.05, 3.63) is 65.5 Å². The number of hydrogen-bond donors (Lipinski definition) is 0. The summed E-state index contributed by atoms with van der Waals surface area (Å²) in [6.45, 7) is 19.6. The van der Waals surface area contributed by atoms with E-state index in [2.05, 4.69) is 63.8 Å². The van der Waals surface area contributed by atoms with Gasteiger partial charge in [-0.1, -0.05) is 49.9 Å². The Kier molecular flexibility index (Phi) is 7.85. The quantitative estimate of drug-likeness (QED) is 0.551. The number of aromatic nitrogens is 1. The van der Waals surface area contributed by atoms with Gasteiger partial charge in [-0.25, -0.2) is 0 Å². The third-order valence-electron chi connectivity index (χ3n) is 7.27. The van der Waals surface area contributed by atoms with Crippen LogP contribution in [0, 0.1) is 6.57 Å². The minimum Gasteiger partial charge on any atom is -0.375 e. The maximum atomic E-state index is 13.2. The Hall–Kier alpha value is -2.79. The monoisotopic (exact) mass is 475 g/mol. The lowest BCUT2D eigenvalue weighted by Crippen LogP contribution is -2.65. The van der Waals surface area contributed by atoms with Gasteiger partial charge < -0.3 is 9.58 Å². The number of ether oxygens (including phenoxy) is 1. The largest absolute Gasteiger partial charge is 0.375 e. The first kappa shape index (κ1) is 25.3. The van der Waals surface area contributed by atoms with Crippen LogP contribution < -0.4 is 4.90 Å². The summed E-state index contributed by atoms with van der Waals surface area (Å²) in [5, 5.41) is 0. The Morgan fingerprint density at radius 1 is 1.11 bits per heavy atom. The molecule has 0 aliphatic carbocycles. The van der Waals surface area contributed by atoms with Crippen LogP contribution in [-0.4, -0.2) is 71.2 Å². The zero-order chi connectivity index (χ0) is 24.9. The van der Waals surface area contributed by atoms with Crippen LogP contribution in [0.5, 0.6) is 0 Å². The third kappa shape index (κ3) is 6.07. The Morgan fingerprint density at radius 2 is 1.86 bits per heavy atom. The Morgan fingerprint density at radius 3 is 2.51 bits per heavy atom. The Balaban J connectivity index is 1.57. The van der Waals surface area contributed by atoms with Gasteiger partial charge in [0.1, 0.15) is 0 Å². The molecule has 1 atom stereocenters. The summed E-state index contributed by atoms with van der Waals surface area (Å²) < 4.78 is 6.13. The van der Waals surface area contributed by atoms with Gasteiger partial charge in [0.15, 0.2) is 0 Å². The molecule has 0 spiro atoms. The molecule has 1 unspecified atom stereocenters. The molecule has 2 fully saturated rings. The number of carbonyl (C=O) groups excluding carboxylic acids is 1. The molecule has 0 saturated carbocycles. The van der Waals surface area contributed by atoms with E-state index in [0.29, 0.717) is 31.2 Å². The van der Waals surface area contributed by atoms with E-state index in [9.17, 15) is 4.79 Å². The van der Waals surface area contributed by atoms with E-state index in [0.717, 1.165) is 45.6 Å². The van der Waals surface area contributed by atoms with Crippen molar-refractivity contribution in [3.8, 4) is 0 Å². The number of rotatable bonds is 7. The molecule has 0 radical (unpaired) electrons. The smallest absolute Gasteiger partial charge is 0.271 e. The molecule has 4 rings (SSSR count). The zero-order valence-corrected chi connectivity index (χ0v) is 21.2. The van der Waals surface area contributed by atoms with Crippen LogP contribution in [0.1, 0.15) is 45.6 Å². The summed E-state index contributed by atoms with van der Waals surface area (Å²) in [6, 6.07) is 16.0. The second-order valence-corrected chi connectivity index (χ2v) is 10.3. The average Bonchev–Trinajstić information content (AvgIpc) is 2.87. The number of piperazine rings is 1. The van der Waals surface area contributed by atoms with Gasteiger partial charge in [-0.2, -0.15) is 0 Å². The van der Waals surface area contributed by atoms with Gasteiger partial charge in [-0.05, 0) is 38.3 Å². The van der Waals surface area contributed by atoms with Crippen LogP contribution in [-0.2, 0) is 16.1 Å². The molecule has 1 aromatic heterocycles. The fourth-order valence-electron chi connectivity index (χ4n) is 5.58. The van der Waals surface area contributed by atoms with Crippen molar-refractivity contribution in [2.24, 2.45) is 0 Å². The zero-order valence-electron chi connectivity index (χ0n) is 21.2. The highest BCUT2D eigenvalue weighted by atomic mass is 16.5. The summed E-state index contributed by atoms with van der Waals surface area (Å²) >= 11 is 0. The first-order valence-electron chi connectivity index (χ1n) is 12.6. The van der Waals surface area contributed by atoms with Gasteiger partial charge in [0.2, 0.25) is 11.7 Å². The normalized spacial score (nSPS) is 22.9. The number of hydrogen-bond acceptors (Lipinski definition) is 5. The van der Waals surface area contributed by atoms with E-state index >= 15 is 0 Å². The van der Waals surface area contributed by atoms with Crippen molar-refractivity contribution in [1.29, 1.82) is 0 Å². The van der Waals surface area contributed by atoms with Gasteiger partial charge in [0.25, 0.3) is 5.82 Å². The number of anilines is 1. The molecule has 0 N–H and O–H groups in total. The lowest BCUT2D eigenvalue weighted by atomic mass is 9.78. The molecule has 3 heterocycles. The molecule has 2 saturated heterocycles. The first-order chi connectivity index (χ1) is 16.8. The number of nitrogens with zero attached hydrogens (tertiary/aromatic N) is 5. The SMILES string of the molecule is [C-]#[N+]c1cccc(N(CC2(N3CCN(Cc4ccccc4)CC3)CCOC(C)(C)C2)C(=O)CC)n1. The summed E-state index contributed by atoms with van der Waals surface area (Å²) in [4.78, 5) is 28.1. The molecule has 2 aliphatic heterocycles. The number of amides is 1. The second kappa shape index (κ2) is 10.9. The molecule has 1 amide bonds. The molecule has 7 heteroatoms. The van der Waals surface area contributed by atoms with E-state index in [1.807, 2.05) is 24.0 Å². The van der Waals surface area contributed by atoms with Crippen LogP contribution in [0.15, 0.2) is 48.5 Å². The molecule has 2 aliphatic rings. The highest BCUT2D eigenvalue weighted by Crippen LogP contribution is 2.39. The van der Waals surface area contributed by atoms with Crippen molar-refractivity contribution in [1.82, 2.24) is 14.8 Å². The molecule has 0 bridgehead atoms. The van der Waals surface area contributed by atoms with Crippen LogP contribution >= 0.6 is 0 Å². The molecular weight excluding hydrogens is 438 g/mol. The van der Waals surface area contributed by atoms with Gasteiger partial charge in [0, 0.05) is 63.9 Å². The number of carbonyl (C=O) groups is 1. The van der Waals surface area contributed by atoms with Crippen LogP contribution in [0.3, 0.4) is 0 Å². The lowest BCUT2D eigenvalue weighted by molar-refractivity contribution is -0.130. The number of benzene rings is 1. The van der Waals surface area contributed by atoms with Crippen molar-refractivity contribution < 1.29 is 9.53 Å². The molecule has 35 heavy (non-hydrogen) atoms. The predicted octanol–water partition coefficient (Wildman–Crippen LogP) is 4.52. The summed E-state index contributed by atoms with van der Waals surface area (Å²) in [6.07, 6.45) is 2.10. The summed E-state index contributed by atoms with van der Waals surface area (Å²) in [7, 11) is 0. The van der Waals surface area contributed by atoms with Crippen LogP contribution in [0.25, 0.3) is 4.85 Å². The molecular formula is C28H37N5O2. The van der Waals surface area contributed by atoms with Crippen molar-refractivity contribution in [2.75, 3.05) is 44.2 Å². The molecule has 7 nitrogen and oxygen atoms in total. The fraction of sp³-hybridized carbons (Fsp3) is 0.536. The maximum absolute atomic E-state index is 13.2. The lowest BCUT2D eigenvalue weighted by Gasteiger charge is -2.54. The first-order valence-corrected chi connectivity index (χ1v) is 12.6. The van der Waals surface area contributed by atoms with E-state index in [-0.39, 0.29) is 17.0 Å². The van der Waals surface area contributed by atoms with E-state index in [1.54, 1.807) is 6.07 Å². The maximum Gasteiger partial charge on any atom is 0.271 e. The average molecular weight is 476 g/mol. The van der Waals surface area contributed by atoms with Crippen molar-refractivity contribution >= 4 is 17.5 Å². The molecule has 186 valence electrons. The highest BCUT2D eigenvalue weighted by molar-refractivity contribution is 5.92. The third-order valence-corrected chi connectivity index (χ3v) is 7.27. The van der Waals surface area contributed by atoms with Gasteiger partial charge in [0.05, 0.1) is 5.60 Å². The van der Waals surface area contributed by atoms with Crippen LogP contribution in [0.4, 0.5) is 11.6 Å². The minimum atomic E-state index is -0.272. The van der Waals surface area contributed by atoms with Gasteiger partial charge in [-0.3, -0.25) is 19.5 Å². The van der Waals surface area contributed by atoms with Crippen molar-refractivity contribution in [2.45, 2.75) is 57.7 Å². The topological polar surface area (TPSA) is 53.3 Å². The van der Waals surface area contributed by atoms with E-state index < -0.39 is 0 Å². The standard InChI is InChI=1S/C28H37N5O2/c1-5-26(34)33(25-13-9-12-24(29-4)30-25)22-28(14-19-35-27(2,3)21-28)32-17-15-31(16-18-32)20-23-10-7-6-8-11-23/h6-13H,5,14-22H2,1-3H3. The predicted molar refractivity (Wildman–Crippen MR) is 138 cm³/mol. The Bertz CT molecular complexity index is 1040. The second-order valence-electron chi connectivity index (χ2n) is 10.3. The Labute approximate surface area is 209 Å². The number of pyridine rings is 1. The minimum absolute atomic E-state index is 0.0333. The van der Waals surface area contributed by atoms with Gasteiger partial charge >= 0.3 is 0 Å². The van der Waals surface area contributed by atoms with Gasteiger partial charge in [-0.15, -0.1) is 4.98 Å². The molecule has 2 aromatic rings. The summed E-state index contributed by atoms with van der Waals surface area (Å²) in [5.41, 5.74) is 0.862. The molecule has 1 aromatic carbocycles. The van der Waals surface area contributed by atoms with Crippen molar-refractivity contribution in [3.63, 3.8) is 0 Å².